The van der Waals surface area contributed by atoms with Gasteiger partial charge in [-0.15, -0.1) is 10.2 Å². The molecular formula is C22H24N4O3. The summed E-state index contributed by atoms with van der Waals surface area (Å²) in [4.78, 5) is 13.3. The molecule has 1 aliphatic heterocycles. The second-order valence-corrected chi connectivity index (χ2v) is 7.31. The number of tetrazole rings is 1. The Labute approximate surface area is 169 Å². The maximum absolute atomic E-state index is 13.3. The van der Waals surface area contributed by atoms with Crippen molar-refractivity contribution in [2.75, 3.05) is 6.61 Å². The molecule has 7 heteroatoms. The Morgan fingerprint density at radius 1 is 1.21 bits per heavy atom. The van der Waals surface area contributed by atoms with Crippen LogP contribution in [0.15, 0.2) is 36.4 Å². The Morgan fingerprint density at radius 2 is 2.03 bits per heavy atom. The number of rotatable bonds is 7. The lowest BCUT2D eigenvalue weighted by molar-refractivity contribution is 0.0814. The largest absolute Gasteiger partial charge is 0.485 e. The van der Waals surface area contributed by atoms with E-state index in [1.54, 1.807) is 0 Å². The van der Waals surface area contributed by atoms with Gasteiger partial charge >= 0.3 is 0 Å². The van der Waals surface area contributed by atoms with Crippen LogP contribution in [0.3, 0.4) is 0 Å². The van der Waals surface area contributed by atoms with Gasteiger partial charge in [0.25, 0.3) is 0 Å². The second-order valence-electron chi connectivity index (χ2n) is 7.31. The average molecular weight is 392 g/mol. The predicted octanol–water partition coefficient (Wildman–Crippen LogP) is 3.98. The number of nitrogens with zero attached hydrogens (tertiary/aromatic N) is 3. The molecule has 0 saturated heterocycles. The van der Waals surface area contributed by atoms with Crippen molar-refractivity contribution in [2.24, 2.45) is 0 Å². The van der Waals surface area contributed by atoms with Gasteiger partial charge in [0.05, 0.1) is 5.56 Å². The number of unbranched alkanes of at least 4 members (excludes halogenated alkanes) is 2. The molecule has 1 unspecified atom stereocenters. The van der Waals surface area contributed by atoms with Crippen molar-refractivity contribution in [3.8, 4) is 11.5 Å². The molecule has 1 aliphatic rings. The van der Waals surface area contributed by atoms with Crippen LogP contribution in [-0.2, 0) is 6.42 Å². The van der Waals surface area contributed by atoms with Gasteiger partial charge in [0.15, 0.2) is 23.4 Å². The molecule has 0 saturated carbocycles. The highest BCUT2D eigenvalue weighted by molar-refractivity contribution is 6.11. The summed E-state index contributed by atoms with van der Waals surface area (Å²) in [6, 6.07) is 11.5. The van der Waals surface area contributed by atoms with Crippen LogP contribution in [-0.4, -0.2) is 33.0 Å². The number of aromatic amines is 1. The summed E-state index contributed by atoms with van der Waals surface area (Å²) in [5.74, 6) is 1.28. The van der Waals surface area contributed by atoms with Gasteiger partial charge in [-0.05, 0) is 43.0 Å². The normalized spacial score (nSPS) is 15.3. The molecule has 29 heavy (non-hydrogen) atoms. The molecule has 7 nitrogen and oxygen atoms in total. The number of aryl methyl sites for hydroxylation is 2. The number of carbonyl (C=O) groups excluding carboxylic acids is 1. The Hall–Kier alpha value is -3.22. The first-order valence-corrected chi connectivity index (χ1v) is 9.96. The van der Waals surface area contributed by atoms with Gasteiger partial charge < -0.3 is 9.47 Å². The summed E-state index contributed by atoms with van der Waals surface area (Å²) in [5.41, 5.74) is 3.29. The smallest absolute Gasteiger partial charge is 0.218 e. The highest BCUT2D eigenvalue weighted by Gasteiger charge is 2.30. The fraction of sp³-hybridized carbons (Fsp3) is 0.364. The van der Waals surface area contributed by atoms with Crippen molar-refractivity contribution >= 4 is 5.78 Å². The fourth-order valence-electron chi connectivity index (χ4n) is 3.47. The molecule has 2 aromatic carbocycles. The SMILES string of the molecule is CCCCCc1ccc(C(=O)c2cc(C)cc3c2OC(c2nn[nH]n2)CO3)cc1. The van der Waals surface area contributed by atoms with Crippen LogP contribution in [0.5, 0.6) is 11.5 Å². The number of ether oxygens (including phenoxy) is 2. The minimum Gasteiger partial charge on any atom is -0.485 e. The molecule has 0 fully saturated rings. The number of carbonyl (C=O) groups is 1. The summed E-state index contributed by atoms with van der Waals surface area (Å²) in [7, 11) is 0. The van der Waals surface area contributed by atoms with Crippen molar-refractivity contribution in [1.82, 2.24) is 20.6 Å². The Kier molecular flexibility index (Phi) is 5.55. The van der Waals surface area contributed by atoms with Gasteiger partial charge in [0.1, 0.15) is 6.61 Å². The quantitative estimate of drug-likeness (QED) is 0.483. The highest BCUT2D eigenvalue weighted by atomic mass is 16.6. The van der Waals surface area contributed by atoms with Crippen molar-refractivity contribution in [3.63, 3.8) is 0 Å². The van der Waals surface area contributed by atoms with Crippen LogP contribution in [0.2, 0.25) is 0 Å². The monoisotopic (exact) mass is 392 g/mol. The van der Waals surface area contributed by atoms with E-state index in [1.807, 2.05) is 43.3 Å². The average Bonchev–Trinajstić information content (AvgIpc) is 3.28. The number of fused-ring (bicyclic) bond motifs is 1. The van der Waals surface area contributed by atoms with E-state index in [9.17, 15) is 4.79 Å². The van der Waals surface area contributed by atoms with Crippen LogP contribution in [0, 0.1) is 6.92 Å². The zero-order chi connectivity index (χ0) is 20.2. The van der Waals surface area contributed by atoms with Crippen LogP contribution < -0.4 is 9.47 Å². The minimum absolute atomic E-state index is 0.0950. The molecule has 1 aromatic heterocycles. The number of nitrogens with one attached hydrogen (secondary N) is 1. The van der Waals surface area contributed by atoms with Crippen LogP contribution in [0.4, 0.5) is 0 Å². The first-order valence-electron chi connectivity index (χ1n) is 9.96. The van der Waals surface area contributed by atoms with Crippen LogP contribution in [0.1, 0.15) is 65.2 Å². The zero-order valence-corrected chi connectivity index (χ0v) is 16.6. The van der Waals surface area contributed by atoms with E-state index < -0.39 is 6.10 Å². The zero-order valence-electron chi connectivity index (χ0n) is 16.6. The van der Waals surface area contributed by atoms with Crippen LogP contribution in [0.25, 0.3) is 0 Å². The second kappa shape index (κ2) is 8.43. The first-order chi connectivity index (χ1) is 14.2. The van der Waals surface area contributed by atoms with E-state index in [1.165, 1.54) is 18.4 Å². The summed E-state index contributed by atoms with van der Waals surface area (Å²) < 4.78 is 11.9. The molecule has 0 radical (unpaired) electrons. The van der Waals surface area contributed by atoms with Gasteiger partial charge in [0.2, 0.25) is 5.82 Å². The van der Waals surface area contributed by atoms with E-state index in [0.29, 0.717) is 28.5 Å². The topological polar surface area (TPSA) is 90.0 Å². The lowest BCUT2D eigenvalue weighted by Gasteiger charge is -2.26. The molecule has 0 spiro atoms. The fourth-order valence-corrected chi connectivity index (χ4v) is 3.47. The third kappa shape index (κ3) is 4.13. The lowest BCUT2D eigenvalue weighted by atomic mass is 9.97. The molecule has 0 bridgehead atoms. The molecule has 150 valence electrons. The van der Waals surface area contributed by atoms with Crippen molar-refractivity contribution in [1.29, 1.82) is 0 Å². The van der Waals surface area contributed by atoms with Gasteiger partial charge in [-0.2, -0.15) is 5.21 Å². The highest BCUT2D eigenvalue weighted by Crippen LogP contribution is 2.40. The van der Waals surface area contributed by atoms with Gasteiger partial charge in [0, 0.05) is 5.56 Å². The van der Waals surface area contributed by atoms with E-state index in [0.717, 1.165) is 18.4 Å². The number of hydrogen-bond donors (Lipinski definition) is 1. The molecule has 4 rings (SSSR count). The van der Waals surface area contributed by atoms with E-state index >= 15 is 0 Å². The summed E-state index contributed by atoms with van der Waals surface area (Å²) in [6.45, 7) is 4.39. The summed E-state index contributed by atoms with van der Waals surface area (Å²) >= 11 is 0. The van der Waals surface area contributed by atoms with E-state index in [2.05, 4.69) is 27.5 Å². The molecule has 1 N–H and O–H groups in total. The maximum atomic E-state index is 13.3. The standard InChI is InChI=1S/C22H24N4O3/c1-3-4-5-6-15-7-9-16(10-8-15)20(27)17-11-14(2)12-18-21(17)29-19(13-28-18)22-23-25-26-24-22/h7-12,19H,3-6,13H2,1-2H3,(H,23,24,25,26). The van der Waals surface area contributed by atoms with Gasteiger partial charge in [-0.25, -0.2) is 0 Å². The molecule has 2 heterocycles. The summed E-state index contributed by atoms with van der Waals surface area (Å²) in [6.07, 6.45) is 4.09. The van der Waals surface area contributed by atoms with Crippen LogP contribution >= 0.6 is 0 Å². The number of H-pyrrole nitrogens is 1. The van der Waals surface area contributed by atoms with Gasteiger partial charge in [-0.3, -0.25) is 4.79 Å². The summed E-state index contributed by atoms with van der Waals surface area (Å²) in [5, 5.41) is 13.9. The number of ketones is 1. The minimum atomic E-state index is -0.517. The third-order valence-corrected chi connectivity index (χ3v) is 5.03. The van der Waals surface area contributed by atoms with E-state index in [4.69, 9.17) is 9.47 Å². The third-order valence-electron chi connectivity index (χ3n) is 5.03. The Morgan fingerprint density at radius 3 is 2.76 bits per heavy atom. The Bertz CT molecular complexity index is 984. The Balaban J connectivity index is 1.60. The van der Waals surface area contributed by atoms with Crippen molar-refractivity contribution < 1.29 is 14.3 Å². The van der Waals surface area contributed by atoms with Gasteiger partial charge in [-0.1, -0.05) is 49.2 Å². The van der Waals surface area contributed by atoms with Crippen molar-refractivity contribution in [3.05, 3.63) is 64.5 Å². The molecule has 3 aromatic rings. The molecule has 0 aliphatic carbocycles. The number of hydrogen-bond acceptors (Lipinski definition) is 6. The van der Waals surface area contributed by atoms with E-state index in [-0.39, 0.29) is 12.4 Å². The lowest BCUT2D eigenvalue weighted by Crippen LogP contribution is -2.24. The maximum Gasteiger partial charge on any atom is 0.218 e. The first kappa shape index (κ1) is 19.1. The number of aromatic nitrogens is 4. The molecular weight excluding hydrogens is 368 g/mol. The molecule has 1 atom stereocenters. The van der Waals surface area contributed by atoms with Crippen molar-refractivity contribution in [2.45, 2.75) is 45.6 Å². The molecule has 0 amide bonds. The predicted molar refractivity (Wildman–Crippen MR) is 107 cm³/mol. The number of benzene rings is 2.